The van der Waals surface area contributed by atoms with E-state index in [9.17, 15) is 19.2 Å². The molecule has 0 N–H and O–H groups in total. The predicted octanol–water partition coefficient (Wildman–Crippen LogP) is 4.88. The van der Waals surface area contributed by atoms with Crippen LogP contribution in [-0.2, 0) is 38.1 Å². The second-order valence-electron chi connectivity index (χ2n) is 8.28. The van der Waals surface area contributed by atoms with E-state index in [1.54, 1.807) is 0 Å². The number of carbonyl (C=O) groups is 4. The van der Waals surface area contributed by atoms with E-state index in [4.69, 9.17) is 18.9 Å². The molecule has 2 aliphatic heterocycles. The summed E-state index contributed by atoms with van der Waals surface area (Å²) in [6.07, 6.45) is 0.442. The summed E-state index contributed by atoms with van der Waals surface area (Å²) >= 11 is 14.3. The molecule has 0 bridgehead atoms. The number of hydrogen-bond acceptors (Lipinski definition) is 8. The number of halogens is 4. The first-order valence-corrected chi connectivity index (χ1v) is 14.2. The first-order valence-electron chi connectivity index (χ1n) is 10.8. The molecule has 1 saturated carbocycles. The topological polar surface area (TPSA) is 105 Å². The van der Waals surface area contributed by atoms with Crippen LogP contribution in [0.5, 0.6) is 0 Å². The fourth-order valence-electron chi connectivity index (χ4n) is 4.62. The molecule has 1 aliphatic carbocycles. The van der Waals surface area contributed by atoms with Crippen LogP contribution in [0, 0.1) is 0 Å². The number of alkyl halides is 2. The van der Waals surface area contributed by atoms with Gasteiger partial charge in [-0.25, -0.2) is 9.59 Å². The molecule has 0 amide bonds. The molecule has 188 valence electrons. The molecule has 2 spiro atoms. The van der Waals surface area contributed by atoms with Crippen LogP contribution < -0.4 is 0 Å². The van der Waals surface area contributed by atoms with Gasteiger partial charge in [0.25, 0.3) is 0 Å². The highest BCUT2D eigenvalue weighted by Crippen LogP contribution is 2.68. The van der Waals surface area contributed by atoms with Gasteiger partial charge < -0.3 is 18.9 Å². The van der Waals surface area contributed by atoms with Crippen LogP contribution in [0.25, 0.3) is 0 Å². The van der Waals surface area contributed by atoms with Crippen molar-refractivity contribution in [3.05, 3.63) is 20.1 Å². The van der Waals surface area contributed by atoms with E-state index in [1.165, 1.54) is 13.8 Å². The van der Waals surface area contributed by atoms with Crippen LogP contribution in [0.4, 0.5) is 0 Å². The molecule has 0 saturated heterocycles. The first kappa shape index (κ1) is 27.9. The Labute approximate surface area is 231 Å². The zero-order valence-corrected chi connectivity index (χ0v) is 25.3. The zero-order valence-electron chi connectivity index (χ0n) is 18.9. The van der Waals surface area contributed by atoms with E-state index in [2.05, 4.69) is 63.7 Å². The average Bonchev–Trinajstić information content (AvgIpc) is 3.18. The molecular formula is C22H24Br4O8. The molecule has 34 heavy (non-hydrogen) atoms. The highest BCUT2D eigenvalue weighted by Gasteiger charge is 2.83. The molecule has 0 aromatic heterocycles. The van der Waals surface area contributed by atoms with Crippen LogP contribution in [0.2, 0.25) is 0 Å². The Hall–Kier alpha value is -0.720. The highest BCUT2D eigenvalue weighted by molar-refractivity contribution is 9.13. The minimum Gasteiger partial charge on any atom is -0.457 e. The fourth-order valence-corrected chi connectivity index (χ4v) is 9.39. The molecule has 12 heteroatoms. The minimum atomic E-state index is -1.47. The Morgan fingerprint density at radius 2 is 1.15 bits per heavy atom. The lowest BCUT2D eigenvalue weighted by atomic mass is 9.64. The predicted molar refractivity (Wildman–Crippen MR) is 136 cm³/mol. The number of ether oxygens (including phenoxy) is 4. The number of fused-ring (bicyclic) bond motifs is 1. The van der Waals surface area contributed by atoms with Crippen molar-refractivity contribution < 1.29 is 38.1 Å². The van der Waals surface area contributed by atoms with Crippen molar-refractivity contribution in [1.82, 2.24) is 0 Å². The van der Waals surface area contributed by atoms with Gasteiger partial charge in [-0.3, -0.25) is 9.59 Å². The largest absolute Gasteiger partial charge is 0.457 e. The van der Waals surface area contributed by atoms with Gasteiger partial charge in [0.2, 0.25) is 11.2 Å². The number of carbonyl (C=O) groups excluding carboxylic acids is 4. The smallest absolute Gasteiger partial charge is 0.339 e. The maximum atomic E-state index is 13.2. The fraction of sp³-hybridized carbons (Fsp3) is 0.636. The zero-order chi connectivity index (χ0) is 25.6. The normalized spacial score (nSPS) is 32.0. The van der Waals surface area contributed by atoms with Crippen molar-refractivity contribution in [3.8, 4) is 0 Å². The summed E-state index contributed by atoms with van der Waals surface area (Å²) in [5.41, 5.74) is -2.61. The van der Waals surface area contributed by atoms with Crippen LogP contribution in [0.3, 0.4) is 0 Å². The summed E-state index contributed by atoms with van der Waals surface area (Å²) in [5.74, 6) is -2.41. The lowest BCUT2D eigenvalue weighted by Gasteiger charge is -2.59. The van der Waals surface area contributed by atoms with Gasteiger partial charge in [0.05, 0.1) is 29.8 Å². The van der Waals surface area contributed by atoms with Crippen LogP contribution >= 0.6 is 63.7 Å². The Balaban J connectivity index is 2.18. The third-order valence-corrected chi connectivity index (χ3v) is 11.1. The van der Waals surface area contributed by atoms with Gasteiger partial charge in [-0.05, 0) is 12.8 Å². The third kappa shape index (κ3) is 4.04. The lowest BCUT2D eigenvalue weighted by Crippen LogP contribution is -2.78. The molecule has 2 heterocycles. The summed E-state index contributed by atoms with van der Waals surface area (Å²) < 4.78 is 23.4. The summed E-state index contributed by atoms with van der Waals surface area (Å²) in [6, 6.07) is 0. The van der Waals surface area contributed by atoms with Crippen molar-refractivity contribution in [2.45, 2.75) is 86.4 Å². The van der Waals surface area contributed by atoms with Gasteiger partial charge in [0.1, 0.15) is 12.2 Å². The molecule has 3 rings (SSSR count). The molecule has 6 atom stereocenters. The summed E-state index contributed by atoms with van der Waals surface area (Å²) in [7, 11) is 0. The second kappa shape index (κ2) is 10.3. The van der Waals surface area contributed by atoms with Gasteiger partial charge in [-0.1, -0.05) is 90.4 Å². The summed E-state index contributed by atoms with van der Waals surface area (Å²) in [5, 5.41) is 0. The standard InChI is InChI=1S/C22H24Br4O8/c1-5-7-11(31-9(3)27)13-15(23)21(33-19(13)29)17(25)18(26)22(21)16(24)14(20(30)34-22)12(8-6-2)32-10(4)28/h11-12,17-18H,5-8H2,1-4H3. The Bertz CT molecular complexity index is 913. The van der Waals surface area contributed by atoms with Crippen molar-refractivity contribution in [2.24, 2.45) is 0 Å². The van der Waals surface area contributed by atoms with Gasteiger partial charge >= 0.3 is 23.9 Å². The van der Waals surface area contributed by atoms with Gasteiger partial charge in [0, 0.05) is 13.8 Å². The van der Waals surface area contributed by atoms with Crippen molar-refractivity contribution >= 4 is 87.6 Å². The number of rotatable bonds is 8. The highest BCUT2D eigenvalue weighted by atomic mass is 79.9. The lowest BCUT2D eigenvalue weighted by molar-refractivity contribution is -0.201. The van der Waals surface area contributed by atoms with Gasteiger partial charge in [0.15, 0.2) is 0 Å². The SMILES string of the molecule is CCCC(OC(C)=O)C1=C(Br)C2(OC1=O)C(Br)C(Br)C21OC(=O)C(C(CCC)OC(C)=O)=C1Br. The van der Waals surface area contributed by atoms with E-state index in [-0.39, 0.29) is 11.1 Å². The van der Waals surface area contributed by atoms with E-state index >= 15 is 0 Å². The van der Waals surface area contributed by atoms with Crippen molar-refractivity contribution in [2.75, 3.05) is 0 Å². The third-order valence-electron chi connectivity index (χ3n) is 6.02. The van der Waals surface area contributed by atoms with Crippen LogP contribution in [0.1, 0.15) is 53.4 Å². The van der Waals surface area contributed by atoms with E-state index in [0.717, 1.165) is 0 Å². The van der Waals surface area contributed by atoms with Gasteiger partial charge in [-0.2, -0.15) is 0 Å². The second-order valence-corrected chi connectivity index (χ2v) is 11.8. The monoisotopic (exact) mass is 732 g/mol. The van der Waals surface area contributed by atoms with E-state index in [0.29, 0.717) is 34.6 Å². The van der Waals surface area contributed by atoms with Gasteiger partial charge in [-0.15, -0.1) is 0 Å². The van der Waals surface area contributed by atoms with Crippen LogP contribution in [0.15, 0.2) is 20.1 Å². The van der Waals surface area contributed by atoms with E-state index < -0.39 is 56.9 Å². The van der Waals surface area contributed by atoms with E-state index in [1.807, 2.05) is 13.8 Å². The molecular weight excluding hydrogens is 712 g/mol. The van der Waals surface area contributed by atoms with Crippen molar-refractivity contribution in [1.29, 1.82) is 0 Å². The molecule has 0 aromatic carbocycles. The average molecular weight is 736 g/mol. The summed E-state index contributed by atoms with van der Waals surface area (Å²) in [6.45, 7) is 6.35. The number of hydrogen-bond donors (Lipinski definition) is 0. The molecule has 3 aliphatic rings. The Morgan fingerprint density at radius 3 is 1.41 bits per heavy atom. The molecule has 6 unspecified atom stereocenters. The first-order chi connectivity index (χ1) is 15.9. The van der Waals surface area contributed by atoms with Crippen molar-refractivity contribution in [3.63, 3.8) is 0 Å². The molecule has 0 aromatic rings. The minimum absolute atomic E-state index is 0.162. The maximum Gasteiger partial charge on any atom is 0.339 e. The molecule has 1 fully saturated rings. The summed E-state index contributed by atoms with van der Waals surface area (Å²) in [4.78, 5) is 48.7. The molecule has 8 nitrogen and oxygen atoms in total. The Kier molecular flexibility index (Phi) is 8.47. The Morgan fingerprint density at radius 1 is 0.824 bits per heavy atom. The number of esters is 4. The molecule has 0 radical (unpaired) electrons. The maximum absolute atomic E-state index is 13.2. The quantitative estimate of drug-likeness (QED) is 0.198. The van der Waals surface area contributed by atoms with Crippen LogP contribution in [-0.4, -0.2) is 56.9 Å².